The molecule has 2 atom stereocenters. The summed E-state index contributed by atoms with van der Waals surface area (Å²) in [4.78, 5) is 4.87. The Labute approximate surface area is 220 Å². The van der Waals surface area contributed by atoms with Crippen molar-refractivity contribution in [3.05, 3.63) is 65.2 Å². The summed E-state index contributed by atoms with van der Waals surface area (Å²) < 4.78 is 10.6. The van der Waals surface area contributed by atoms with Crippen LogP contribution in [0.1, 0.15) is 37.9 Å². The average molecular weight is 520 g/mol. The van der Waals surface area contributed by atoms with Crippen molar-refractivity contribution in [2.24, 2.45) is 0 Å². The molecular weight excluding hydrogens is 483 g/mol. The van der Waals surface area contributed by atoms with Crippen LogP contribution in [0.3, 0.4) is 0 Å². The van der Waals surface area contributed by atoms with Gasteiger partial charge in [0.2, 0.25) is 0 Å². The molecule has 0 aromatic heterocycles. The van der Waals surface area contributed by atoms with Gasteiger partial charge >= 0.3 is 0 Å². The molecule has 0 radical (unpaired) electrons. The topological polar surface area (TPSA) is 45.2 Å². The summed E-state index contributed by atoms with van der Waals surface area (Å²) in [6.45, 7) is 5.93. The Morgan fingerprint density at radius 2 is 1.66 bits per heavy atom. The highest BCUT2D eigenvalue weighted by molar-refractivity contribution is 6.37. The number of benzene rings is 3. The predicted molar refractivity (Wildman–Crippen MR) is 148 cm³/mol. The van der Waals surface area contributed by atoms with Gasteiger partial charge in [-0.1, -0.05) is 49.6 Å². The Morgan fingerprint density at radius 1 is 0.943 bits per heavy atom. The summed E-state index contributed by atoms with van der Waals surface area (Å²) in [7, 11) is 3.31. The Hall–Kier alpha value is -2.18. The van der Waals surface area contributed by atoms with Gasteiger partial charge in [-0.15, -0.1) is 12.4 Å². The zero-order chi connectivity index (χ0) is 24.1. The highest BCUT2D eigenvalue weighted by Gasteiger charge is 2.30. The number of unbranched alkanes of at least 4 members (excludes halogenated alkanes) is 1. The highest BCUT2D eigenvalue weighted by Crippen LogP contribution is 2.35. The van der Waals surface area contributed by atoms with Gasteiger partial charge in [-0.25, -0.2) is 0 Å². The molecule has 7 heteroatoms. The minimum Gasteiger partial charge on any atom is -0.497 e. The third-order valence-corrected chi connectivity index (χ3v) is 7.33. The molecule has 5 nitrogen and oxygen atoms in total. The lowest BCUT2D eigenvalue weighted by Gasteiger charge is -2.42. The fourth-order valence-electron chi connectivity index (χ4n) is 4.91. The molecule has 35 heavy (non-hydrogen) atoms. The zero-order valence-electron chi connectivity index (χ0n) is 20.7. The van der Waals surface area contributed by atoms with E-state index >= 15 is 0 Å². The Kier molecular flexibility index (Phi) is 9.93. The first-order chi connectivity index (χ1) is 16.5. The van der Waals surface area contributed by atoms with Crippen molar-refractivity contribution in [3.8, 4) is 11.5 Å². The maximum Gasteiger partial charge on any atom is 0.138 e. The third-order valence-electron chi connectivity index (χ3n) is 6.94. The van der Waals surface area contributed by atoms with E-state index in [1.165, 1.54) is 5.69 Å². The summed E-state index contributed by atoms with van der Waals surface area (Å²) in [6, 6.07) is 18.3. The van der Waals surface area contributed by atoms with Gasteiger partial charge < -0.3 is 19.5 Å². The number of nitrogens with zero attached hydrogens (tertiary/aromatic N) is 2. The van der Waals surface area contributed by atoms with E-state index in [1.807, 2.05) is 36.4 Å². The molecule has 3 aromatic carbocycles. The Morgan fingerprint density at radius 3 is 2.29 bits per heavy atom. The summed E-state index contributed by atoms with van der Waals surface area (Å²) in [5.74, 6) is 1.54. The summed E-state index contributed by atoms with van der Waals surface area (Å²) >= 11 is 6.50. The first kappa shape index (κ1) is 27.4. The summed E-state index contributed by atoms with van der Waals surface area (Å²) in [5, 5.41) is 14.1. The number of aliphatic hydroxyl groups excluding tert-OH is 1. The van der Waals surface area contributed by atoms with E-state index in [-0.39, 0.29) is 18.4 Å². The van der Waals surface area contributed by atoms with E-state index in [2.05, 4.69) is 34.9 Å². The Bertz CT molecular complexity index is 1090. The van der Waals surface area contributed by atoms with Crippen molar-refractivity contribution in [2.45, 2.75) is 38.3 Å². The highest BCUT2D eigenvalue weighted by atomic mass is 35.5. The fraction of sp³-hybridized carbons (Fsp3) is 0.429. The van der Waals surface area contributed by atoms with Crippen LogP contribution in [0.4, 0.5) is 5.69 Å². The Balaban J connectivity index is 0.00000342. The van der Waals surface area contributed by atoms with Gasteiger partial charge in [0.05, 0.1) is 25.3 Å². The van der Waals surface area contributed by atoms with Crippen LogP contribution < -0.4 is 14.4 Å². The molecule has 2 unspecified atom stereocenters. The van der Waals surface area contributed by atoms with E-state index in [1.54, 1.807) is 14.2 Å². The molecule has 4 rings (SSSR count). The minimum absolute atomic E-state index is 0. The van der Waals surface area contributed by atoms with Crippen molar-refractivity contribution in [1.29, 1.82) is 0 Å². The van der Waals surface area contributed by atoms with Crippen LogP contribution in [-0.2, 0) is 0 Å². The molecule has 3 aromatic rings. The SMILES string of the molecule is CCCCC(C(O)c1ccc2c(Cl)c(OC)ccc2c1)N1CCN(c2ccc(OC)cc2)CC1.Cl. The van der Waals surface area contributed by atoms with Crippen LogP contribution in [0.2, 0.25) is 5.02 Å². The fourth-order valence-corrected chi connectivity index (χ4v) is 5.22. The van der Waals surface area contributed by atoms with Crippen molar-refractivity contribution in [3.63, 3.8) is 0 Å². The predicted octanol–water partition coefficient (Wildman–Crippen LogP) is 6.35. The van der Waals surface area contributed by atoms with E-state index in [9.17, 15) is 5.11 Å². The molecule has 1 aliphatic rings. The second kappa shape index (κ2) is 12.7. The van der Waals surface area contributed by atoms with E-state index < -0.39 is 6.10 Å². The second-order valence-electron chi connectivity index (χ2n) is 8.94. The van der Waals surface area contributed by atoms with Crippen LogP contribution in [0.25, 0.3) is 10.8 Å². The molecule has 0 bridgehead atoms. The first-order valence-corrected chi connectivity index (χ1v) is 12.5. The van der Waals surface area contributed by atoms with E-state index in [0.29, 0.717) is 10.8 Å². The van der Waals surface area contributed by atoms with Gasteiger partial charge in [0.1, 0.15) is 11.5 Å². The van der Waals surface area contributed by atoms with E-state index in [4.69, 9.17) is 21.1 Å². The molecule has 1 heterocycles. The van der Waals surface area contributed by atoms with Crippen molar-refractivity contribution < 1.29 is 14.6 Å². The number of hydrogen-bond donors (Lipinski definition) is 1. The number of aliphatic hydroxyl groups is 1. The van der Waals surface area contributed by atoms with Gasteiger partial charge in [0, 0.05) is 43.3 Å². The maximum atomic E-state index is 11.5. The number of halogens is 2. The molecule has 1 fully saturated rings. The van der Waals surface area contributed by atoms with Crippen LogP contribution >= 0.6 is 24.0 Å². The number of fused-ring (bicyclic) bond motifs is 1. The maximum absolute atomic E-state index is 11.5. The number of rotatable bonds is 9. The normalized spacial score (nSPS) is 16.0. The third kappa shape index (κ3) is 6.15. The van der Waals surface area contributed by atoms with Crippen molar-refractivity contribution >= 4 is 40.5 Å². The van der Waals surface area contributed by atoms with Crippen molar-refractivity contribution in [1.82, 2.24) is 4.90 Å². The number of ether oxygens (including phenoxy) is 2. The molecule has 1 N–H and O–H groups in total. The van der Waals surface area contributed by atoms with Gasteiger partial charge in [-0.2, -0.15) is 0 Å². The van der Waals surface area contributed by atoms with E-state index in [0.717, 1.165) is 67.5 Å². The molecule has 0 amide bonds. The second-order valence-corrected chi connectivity index (χ2v) is 9.32. The number of methoxy groups -OCH3 is 2. The standard InChI is InChI=1S/C28H35ClN2O3.ClH/c1-4-5-6-25(31-17-15-30(16-18-31)22-9-11-23(33-2)12-10-22)28(32)21-7-13-24-20(19-21)8-14-26(34-3)27(24)29;/h7-14,19,25,28,32H,4-6,15-18H2,1-3H3;1H. The smallest absolute Gasteiger partial charge is 0.138 e. The first-order valence-electron chi connectivity index (χ1n) is 12.1. The van der Waals surface area contributed by atoms with Gasteiger partial charge in [-0.05, 0) is 53.8 Å². The largest absolute Gasteiger partial charge is 0.497 e. The molecule has 190 valence electrons. The number of piperazine rings is 1. The zero-order valence-corrected chi connectivity index (χ0v) is 22.3. The number of hydrogen-bond acceptors (Lipinski definition) is 5. The quantitative estimate of drug-likeness (QED) is 0.357. The molecule has 1 saturated heterocycles. The lowest BCUT2D eigenvalue weighted by Crippen LogP contribution is -2.52. The van der Waals surface area contributed by atoms with Crippen molar-refractivity contribution in [2.75, 3.05) is 45.3 Å². The molecular formula is C28H36Cl2N2O3. The molecule has 1 aliphatic heterocycles. The van der Waals surface area contributed by atoms with Crippen LogP contribution in [-0.4, -0.2) is 56.4 Å². The van der Waals surface area contributed by atoms with Gasteiger partial charge in [0.25, 0.3) is 0 Å². The summed E-state index contributed by atoms with van der Waals surface area (Å²) in [6.07, 6.45) is 2.63. The minimum atomic E-state index is -0.552. The molecule has 0 aliphatic carbocycles. The molecule has 0 saturated carbocycles. The lowest BCUT2D eigenvalue weighted by atomic mass is 9.94. The van der Waals surface area contributed by atoms with Crippen LogP contribution in [0.5, 0.6) is 11.5 Å². The summed E-state index contributed by atoms with van der Waals surface area (Å²) in [5.41, 5.74) is 2.15. The monoisotopic (exact) mass is 518 g/mol. The lowest BCUT2D eigenvalue weighted by molar-refractivity contribution is 0.0386. The molecule has 0 spiro atoms. The van der Waals surface area contributed by atoms with Crippen LogP contribution in [0.15, 0.2) is 54.6 Å². The van der Waals surface area contributed by atoms with Gasteiger partial charge in [-0.3, -0.25) is 4.90 Å². The average Bonchev–Trinajstić information content (AvgIpc) is 2.89. The van der Waals surface area contributed by atoms with Gasteiger partial charge in [0.15, 0.2) is 0 Å². The van der Waals surface area contributed by atoms with Crippen LogP contribution in [0, 0.1) is 0 Å². The number of anilines is 1.